The highest BCUT2D eigenvalue weighted by molar-refractivity contribution is 6.06. The van der Waals surface area contributed by atoms with E-state index in [1.54, 1.807) is 0 Å². The van der Waals surface area contributed by atoms with Gasteiger partial charge in [-0.05, 0) is 48.6 Å². The van der Waals surface area contributed by atoms with Crippen molar-refractivity contribution in [1.82, 2.24) is 0 Å². The van der Waals surface area contributed by atoms with Gasteiger partial charge < -0.3 is 9.80 Å². The van der Waals surface area contributed by atoms with Gasteiger partial charge in [-0.1, -0.05) is 36.4 Å². The normalized spacial score (nSPS) is 18.3. The fourth-order valence-corrected chi connectivity index (χ4v) is 4.41. The SMILES string of the molecule is C[N+]1(Cc2ccc(NC(=O)C3=Cc4ccccc4CCC3)cc2)CCCC1. The van der Waals surface area contributed by atoms with Crippen molar-refractivity contribution in [3.63, 3.8) is 0 Å². The molecule has 2 aromatic carbocycles. The maximum atomic E-state index is 12.8. The van der Waals surface area contributed by atoms with E-state index in [1.165, 1.54) is 42.6 Å². The van der Waals surface area contributed by atoms with Crippen molar-refractivity contribution in [1.29, 1.82) is 0 Å². The molecular weight excluding hydrogens is 332 g/mol. The summed E-state index contributed by atoms with van der Waals surface area (Å²) in [6.45, 7) is 3.62. The van der Waals surface area contributed by atoms with Gasteiger partial charge in [0, 0.05) is 29.7 Å². The molecular formula is C24H29N2O+. The molecule has 0 atom stereocenters. The van der Waals surface area contributed by atoms with Gasteiger partial charge in [-0.15, -0.1) is 0 Å². The van der Waals surface area contributed by atoms with E-state index in [9.17, 15) is 4.79 Å². The van der Waals surface area contributed by atoms with Crippen LogP contribution in [0.1, 0.15) is 42.4 Å². The lowest BCUT2D eigenvalue weighted by Gasteiger charge is -2.29. The predicted octanol–water partition coefficient (Wildman–Crippen LogP) is 4.79. The van der Waals surface area contributed by atoms with E-state index in [4.69, 9.17) is 0 Å². The molecule has 0 unspecified atom stereocenters. The van der Waals surface area contributed by atoms with Crippen LogP contribution < -0.4 is 5.32 Å². The number of anilines is 1. The summed E-state index contributed by atoms with van der Waals surface area (Å²) < 4.78 is 1.14. The lowest BCUT2D eigenvalue weighted by molar-refractivity contribution is -0.910. The zero-order valence-electron chi connectivity index (χ0n) is 16.2. The Morgan fingerprint density at radius 1 is 0.963 bits per heavy atom. The summed E-state index contributed by atoms with van der Waals surface area (Å²) in [4.78, 5) is 12.8. The molecule has 0 bridgehead atoms. The molecule has 0 aromatic heterocycles. The number of rotatable bonds is 4. The summed E-state index contributed by atoms with van der Waals surface area (Å²) in [7, 11) is 2.35. The summed E-state index contributed by atoms with van der Waals surface area (Å²) in [5.74, 6) is 0.0259. The highest BCUT2D eigenvalue weighted by Gasteiger charge is 2.26. The minimum atomic E-state index is 0.0259. The summed E-state index contributed by atoms with van der Waals surface area (Å²) in [5.41, 5.74) is 5.62. The van der Waals surface area contributed by atoms with Gasteiger partial charge in [0.15, 0.2) is 0 Å². The number of aryl methyl sites for hydroxylation is 1. The number of fused-ring (bicyclic) bond motifs is 1. The summed E-state index contributed by atoms with van der Waals surface area (Å²) in [6, 6.07) is 16.8. The number of amides is 1. The Hall–Kier alpha value is -2.39. The molecule has 2 aromatic rings. The third-order valence-electron chi connectivity index (χ3n) is 5.99. The first-order valence-electron chi connectivity index (χ1n) is 10.1. The van der Waals surface area contributed by atoms with Gasteiger partial charge >= 0.3 is 0 Å². The van der Waals surface area contributed by atoms with Gasteiger partial charge in [0.25, 0.3) is 5.91 Å². The third kappa shape index (κ3) is 4.30. The lowest BCUT2D eigenvalue weighted by atomic mass is 10.1. The van der Waals surface area contributed by atoms with Crippen LogP contribution in [0.3, 0.4) is 0 Å². The Kier molecular flexibility index (Phi) is 5.13. The van der Waals surface area contributed by atoms with E-state index in [0.717, 1.165) is 41.6 Å². The Morgan fingerprint density at radius 2 is 1.70 bits per heavy atom. The Labute approximate surface area is 162 Å². The molecule has 27 heavy (non-hydrogen) atoms. The molecule has 1 aliphatic heterocycles. The van der Waals surface area contributed by atoms with Gasteiger partial charge in [-0.3, -0.25) is 4.79 Å². The van der Waals surface area contributed by atoms with Crippen LogP contribution in [0.5, 0.6) is 0 Å². The van der Waals surface area contributed by atoms with Crippen LogP contribution in [-0.4, -0.2) is 30.5 Å². The molecule has 3 heteroatoms. The predicted molar refractivity (Wildman–Crippen MR) is 111 cm³/mol. The van der Waals surface area contributed by atoms with Gasteiger partial charge in [-0.2, -0.15) is 0 Å². The summed E-state index contributed by atoms with van der Waals surface area (Å²) >= 11 is 0. The average molecular weight is 362 g/mol. The molecule has 1 amide bonds. The maximum Gasteiger partial charge on any atom is 0.251 e. The van der Waals surface area contributed by atoms with Crippen LogP contribution in [0.2, 0.25) is 0 Å². The second-order valence-electron chi connectivity index (χ2n) is 8.30. The maximum absolute atomic E-state index is 12.8. The van der Waals surface area contributed by atoms with Crippen molar-refractivity contribution in [2.45, 2.75) is 38.6 Å². The molecule has 0 saturated carbocycles. The molecule has 0 radical (unpaired) electrons. The van der Waals surface area contributed by atoms with Gasteiger partial charge in [0.05, 0.1) is 20.1 Å². The Morgan fingerprint density at radius 3 is 2.48 bits per heavy atom. The fraction of sp³-hybridized carbons (Fsp3) is 0.375. The summed E-state index contributed by atoms with van der Waals surface area (Å²) in [6.07, 6.45) is 7.62. The second kappa shape index (κ2) is 7.69. The highest BCUT2D eigenvalue weighted by Crippen LogP contribution is 2.25. The van der Waals surface area contributed by atoms with Crippen molar-refractivity contribution in [3.05, 3.63) is 70.8 Å². The first-order valence-corrected chi connectivity index (χ1v) is 10.1. The van der Waals surface area contributed by atoms with E-state index < -0.39 is 0 Å². The Bertz CT molecular complexity index is 845. The van der Waals surface area contributed by atoms with E-state index in [-0.39, 0.29) is 5.91 Å². The molecule has 3 nitrogen and oxygen atoms in total. The second-order valence-corrected chi connectivity index (χ2v) is 8.30. The first-order chi connectivity index (χ1) is 13.1. The van der Waals surface area contributed by atoms with Crippen LogP contribution in [0.4, 0.5) is 5.69 Å². The van der Waals surface area contributed by atoms with Crippen LogP contribution in [0.25, 0.3) is 6.08 Å². The van der Waals surface area contributed by atoms with Crippen LogP contribution >= 0.6 is 0 Å². The number of nitrogens with zero attached hydrogens (tertiary/aromatic N) is 1. The molecule has 1 saturated heterocycles. The average Bonchev–Trinajstić information content (AvgIpc) is 2.97. The third-order valence-corrected chi connectivity index (χ3v) is 5.99. The van der Waals surface area contributed by atoms with Crippen molar-refractivity contribution < 1.29 is 9.28 Å². The van der Waals surface area contributed by atoms with E-state index in [2.05, 4.69) is 48.8 Å². The number of hydrogen-bond donors (Lipinski definition) is 1. The molecule has 1 fully saturated rings. The minimum Gasteiger partial charge on any atom is -0.322 e. The molecule has 2 aliphatic rings. The first kappa shape index (κ1) is 18.0. The number of nitrogens with one attached hydrogen (secondary N) is 1. The molecule has 1 heterocycles. The smallest absolute Gasteiger partial charge is 0.251 e. The highest BCUT2D eigenvalue weighted by atomic mass is 16.1. The van der Waals surface area contributed by atoms with Crippen molar-refractivity contribution >= 4 is 17.7 Å². The molecule has 0 spiro atoms. The van der Waals surface area contributed by atoms with Crippen molar-refractivity contribution in [2.75, 3.05) is 25.5 Å². The van der Waals surface area contributed by atoms with E-state index in [0.29, 0.717) is 0 Å². The van der Waals surface area contributed by atoms with Gasteiger partial charge in [-0.25, -0.2) is 0 Å². The zero-order valence-corrected chi connectivity index (χ0v) is 16.2. The zero-order chi connectivity index (χ0) is 18.7. The van der Waals surface area contributed by atoms with Crippen molar-refractivity contribution in [3.8, 4) is 0 Å². The topological polar surface area (TPSA) is 29.1 Å². The Balaban J connectivity index is 1.43. The van der Waals surface area contributed by atoms with Crippen LogP contribution in [0.15, 0.2) is 54.1 Å². The van der Waals surface area contributed by atoms with Crippen molar-refractivity contribution in [2.24, 2.45) is 0 Å². The van der Waals surface area contributed by atoms with E-state index >= 15 is 0 Å². The monoisotopic (exact) mass is 361 g/mol. The number of carbonyl (C=O) groups is 1. The molecule has 140 valence electrons. The largest absolute Gasteiger partial charge is 0.322 e. The van der Waals surface area contributed by atoms with Gasteiger partial charge in [0.1, 0.15) is 6.54 Å². The fourth-order valence-electron chi connectivity index (χ4n) is 4.41. The number of hydrogen-bond acceptors (Lipinski definition) is 1. The standard InChI is InChI=1S/C24H28N2O/c1-26(15-4-5-16-26)18-19-11-13-23(14-12-19)25-24(27)22-10-6-9-20-7-2-3-8-21(20)17-22/h2-3,7-8,11-14,17H,4-6,9-10,15-16,18H2,1H3/p+1. The number of carbonyl (C=O) groups excluding carboxylic acids is 1. The quantitative estimate of drug-likeness (QED) is 0.780. The number of likely N-dealkylation sites (tertiary alicyclic amines) is 1. The van der Waals surface area contributed by atoms with E-state index in [1.807, 2.05) is 18.2 Å². The number of benzene rings is 2. The minimum absolute atomic E-state index is 0.0259. The lowest BCUT2D eigenvalue weighted by Crippen LogP contribution is -2.39. The van der Waals surface area contributed by atoms with Gasteiger partial charge in [0.2, 0.25) is 0 Å². The van der Waals surface area contributed by atoms with Crippen LogP contribution in [0, 0.1) is 0 Å². The molecule has 1 aliphatic carbocycles. The summed E-state index contributed by atoms with van der Waals surface area (Å²) in [5, 5.41) is 3.09. The molecule has 4 rings (SSSR count). The van der Waals surface area contributed by atoms with Crippen LogP contribution in [-0.2, 0) is 17.8 Å². The number of quaternary nitrogens is 1. The molecule has 1 N–H and O–H groups in total.